The Morgan fingerprint density at radius 1 is 1.53 bits per heavy atom. The molecule has 0 bridgehead atoms. The highest BCUT2D eigenvalue weighted by Gasteiger charge is 2.12. The maximum atomic E-state index is 13.2. The molecule has 1 aliphatic carbocycles. The Balaban J connectivity index is 2.12. The number of pyridine rings is 1. The zero-order valence-electron chi connectivity index (χ0n) is 8.49. The zero-order valence-corrected chi connectivity index (χ0v) is 8.49. The molecule has 1 unspecified atom stereocenters. The van der Waals surface area contributed by atoms with Gasteiger partial charge in [0, 0.05) is 11.8 Å². The number of rotatable bonds is 2. The minimum absolute atomic E-state index is 0.353. The summed E-state index contributed by atoms with van der Waals surface area (Å²) < 4.78 is 13.2. The van der Waals surface area contributed by atoms with Crippen LogP contribution in [0.15, 0.2) is 30.0 Å². The van der Waals surface area contributed by atoms with Gasteiger partial charge < -0.3 is 5.11 Å². The van der Waals surface area contributed by atoms with Crippen molar-refractivity contribution in [3.05, 3.63) is 41.5 Å². The summed E-state index contributed by atoms with van der Waals surface area (Å²) in [5.74, 6) is -0.404. The fourth-order valence-electron chi connectivity index (χ4n) is 1.92. The molecular formula is C12H14FNO. The van der Waals surface area contributed by atoms with Gasteiger partial charge in [-0.2, -0.15) is 4.39 Å². The van der Waals surface area contributed by atoms with Gasteiger partial charge in [-0.05, 0) is 31.7 Å². The number of aromatic nitrogens is 1. The van der Waals surface area contributed by atoms with Crippen LogP contribution < -0.4 is 0 Å². The topological polar surface area (TPSA) is 33.1 Å². The third-order valence-corrected chi connectivity index (χ3v) is 2.68. The van der Waals surface area contributed by atoms with Gasteiger partial charge in [-0.25, -0.2) is 4.98 Å². The highest BCUT2D eigenvalue weighted by molar-refractivity contribution is 5.21. The van der Waals surface area contributed by atoms with Crippen LogP contribution in [0.4, 0.5) is 4.39 Å². The fourth-order valence-corrected chi connectivity index (χ4v) is 1.92. The number of allylic oxidation sites excluding steroid dienone is 1. The molecule has 1 aliphatic rings. The first kappa shape index (κ1) is 10.3. The predicted molar refractivity (Wildman–Crippen MR) is 55.8 cm³/mol. The highest BCUT2D eigenvalue weighted by atomic mass is 19.1. The lowest BCUT2D eigenvalue weighted by molar-refractivity contribution is 0.201. The first-order chi connectivity index (χ1) is 7.25. The smallest absolute Gasteiger partial charge is 0.216 e. The minimum Gasteiger partial charge on any atom is -0.389 e. The van der Waals surface area contributed by atoms with Gasteiger partial charge in [-0.3, -0.25) is 0 Å². The normalized spacial score (nSPS) is 21.2. The van der Waals surface area contributed by atoms with E-state index < -0.39 is 5.95 Å². The monoisotopic (exact) mass is 207 g/mol. The maximum Gasteiger partial charge on any atom is 0.216 e. The van der Waals surface area contributed by atoms with Crippen molar-refractivity contribution < 1.29 is 9.50 Å². The van der Waals surface area contributed by atoms with E-state index >= 15 is 0 Å². The zero-order chi connectivity index (χ0) is 10.7. The van der Waals surface area contributed by atoms with Crippen LogP contribution in [0.5, 0.6) is 0 Å². The van der Waals surface area contributed by atoms with Gasteiger partial charge in [0.2, 0.25) is 5.95 Å². The Morgan fingerprint density at radius 2 is 2.40 bits per heavy atom. The molecule has 80 valence electrons. The molecule has 0 saturated heterocycles. The lowest BCUT2D eigenvalue weighted by Crippen LogP contribution is -2.10. The molecule has 15 heavy (non-hydrogen) atoms. The van der Waals surface area contributed by atoms with Crippen LogP contribution in [-0.4, -0.2) is 16.2 Å². The summed E-state index contributed by atoms with van der Waals surface area (Å²) in [6.07, 6.45) is 6.25. The van der Waals surface area contributed by atoms with E-state index in [0.29, 0.717) is 12.0 Å². The molecule has 1 aromatic rings. The average Bonchev–Trinajstić information content (AvgIpc) is 2.22. The second kappa shape index (κ2) is 4.53. The second-order valence-electron chi connectivity index (χ2n) is 3.91. The fraction of sp³-hybridized carbons (Fsp3) is 0.417. The van der Waals surface area contributed by atoms with Crippen molar-refractivity contribution in [2.75, 3.05) is 0 Å². The van der Waals surface area contributed by atoms with E-state index in [4.69, 9.17) is 0 Å². The van der Waals surface area contributed by atoms with Crippen LogP contribution in [0.3, 0.4) is 0 Å². The van der Waals surface area contributed by atoms with Crippen LogP contribution in [0.25, 0.3) is 0 Å². The number of hydrogen-bond donors (Lipinski definition) is 1. The van der Waals surface area contributed by atoms with E-state index in [9.17, 15) is 9.50 Å². The number of aliphatic hydroxyl groups is 1. The molecule has 0 spiro atoms. The summed E-state index contributed by atoms with van der Waals surface area (Å²) in [6, 6.07) is 3.47. The van der Waals surface area contributed by atoms with Gasteiger partial charge in [0.25, 0.3) is 0 Å². The molecule has 0 saturated carbocycles. The van der Waals surface area contributed by atoms with E-state index in [-0.39, 0.29) is 6.10 Å². The van der Waals surface area contributed by atoms with Crippen molar-refractivity contribution in [3.63, 3.8) is 0 Å². The van der Waals surface area contributed by atoms with Gasteiger partial charge in [0.05, 0.1) is 6.10 Å². The van der Waals surface area contributed by atoms with Crippen LogP contribution in [0.1, 0.15) is 24.8 Å². The predicted octanol–water partition coefficient (Wildman–Crippen LogP) is 2.23. The van der Waals surface area contributed by atoms with Gasteiger partial charge in [0.15, 0.2) is 0 Å². The standard InChI is InChI=1S/C12H14FNO/c13-12-10(4-2-6-14-12)7-9-3-1-5-11(15)8-9/h2,4,6,8,11,15H,1,3,5,7H2. The molecular weight excluding hydrogens is 193 g/mol. The third-order valence-electron chi connectivity index (χ3n) is 2.68. The number of hydrogen-bond acceptors (Lipinski definition) is 2. The van der Waals surface area contributed by atoms with Gasteiger partial charge >= 0.3 is 0 Å². The van der Waals surface area contributed by atoms with Crippen molar-refractivity contribution >= 4 is 0 Å². The quantitative estimate of drug-likeness (QED) is 0.596. The first-order valence-electron chi connectivity index (χ1n) is 5.23. The Hall–Kier alpha value is -1.22. The molecule has 2 rings (SSSR count). The molecule has 0 amide bonds. The lowest BCUT2D eigenvalue weighted by Gasteiger charge is -2.16. The maximum absolute atomic E-state index is 13.2. The lowest BCUT2D eigenvalue weighted by atomic mass is 9.93. The average molecular weight is 207 g/mol. The second-order valence-corrected chi connectivity index (χ2v) is 3.91. The van der Waals surface area contributed by atoms with Crippen molar-refractivity contribution in [2.24, 2.45) is 0 Å². The summed E-state index contributed by atoms with van der Waals surface area (Å²) in [5.41, 5.74) is 1.72. The third kappa shape index (κ3) is 2.63. The van der Waals surface area contributed by atoms with E-state index in [1.807, 2.05) is 6.08 Å². The van der Waals surface area contributed by atoms with Crippen LogP contribution in [0, 0.1) is 5.95 Å². The van der Waals surface area contributed by atoms with E-state index in [1.165, 1.54) is 6.20 Å². The van der Waals surface area contributed by atoms with Crippen LogP contribution in [-0.2, 0) is 6.42 Å². The minimum atomic E-state index is -0.404. The summed E-state index contributed by atoms with van der Waals surface area (Å²) >= 11 is 0. The summed E-state index contributed by atoms with van der Waals surface area (Å²) in [5, 5.41) is 9.44. The van der Waals surface area contributed by atoms with Crippen molar-refractivity contribution in [3.8, 4) is 0 Å². The van der Waals surface area contributed by atoms with Crippen LogP contribution in [0.2, 0.25) is 0 Å². The Morgan fingerprint density at radius 3 is 3.13 bits per heavy atom. The summed E-state index contributed by atoms with van der Waals surface area (Å²) in [7, 11) is 0. The SMILES string of the molecule is OC1C=C(Cc2cccnc2F)CCC1. The molecule has 1 N–H and O–H groups in total. The Kier molecular flexibility index (Phi) is 3.11. The molecule has 1 atom stereocenters. The van der Waals surface area contributed by atoms with Crippen molar-refractivity contribution in [2.45, 2.75) is 31.8 Å². The molecule has 3 heteroatoms. The summed E-state index contributed by atoms with van der Waals surface area (Å²) in [6.45, 7) is 0. The largest absolute Gasteiger partial charge is 0.389 e. The number of aliphatic hydroxyl groups excluding tert-OH is 1. The van der Waals surface area contributed by atoms with Gasteiger partial charge in [-0.1, -0.05) is 17.7 Å². The van der Waals surface area contributed by atoms with Gasteiger partial charge in [-0.15, -0.1) is 0 Å². The molecule has 1 heterocycles. The molecule has 1 aromatic heterocycles. The Bertz CT molecular complexity index is 376. The molecule has 0 aromatic carbocycles. The molecule has 0 radical (unpaired) electrons. The van der Waals surface area contributed by atoms with Gasteiger partial charge in [0.1, 0.15) is 0 Å². The number of halogens is 1. The number of nitrogens with zero attached hydrogens (tertiary/aromatic N) is 1. The van der Waals surface area contributed by atoms with Crippen molar-refractivity contribution in [1.82, 2.24) is 4.98 Å². The van der Waals surface area contributed by atoms with Crippen LogP contribution >= 0.6 is 0 Å². The Labute approximate surface area is 88.5 Å². The van der Waals surface area contributed by atoms with E-state index in [2.05, 4.69) is 4.98 Å². The highest BCUT2D eigenvalue weighted by Crippen LogP contribution is 2.22. The molecule has 0 aliphatic heterocycles. The van der Waals surface area contributed by atoms with E-state index in [0.717, 1.165) is 24.8 Å². The first-order valence-corrected chi connectivity index (χ1v) is 5.23. The molecule has 0 fully saturated rings. The molecule has 2 nitrogen and oxygen atoms in total. The van der Waals surface area contributed by atoms with Crippen molar-refractivity contribution in [1.29, 1.82) is 0 Å². The summed E-state index contributed by atoms with van der Waals surface area (Å²) in [4.78, 5) is 3.61. The van der Waals surface area contributed by atoms with E-state index in [1.54, 1.807) is 12.1 Å².